The third-order valence-corrected chi connectivity index (χ3v) is 5.14. The van der Waals surface area contributed by atoms with Crippen LogP contribution in [0.2, 0.25) is 5.02 Å². The Morgan fingerprint density at radius 2 is 1.85 bits per heavy atom. The molecular formula is C19H15ClN2O4S. The molecule has 1 amide bonds. The molecule has 2 aromatic carbocycles. The number of carbonyl (C=O) groups excluding carboxylic acids is 3. The highest BCUT2D eigenvalue weighted by Gasteiger charge is 2.28. The zero-order chi connectivity index (χ0) is 19.6. The number of amides is 1. The van der Waals surface area contributed by atoms with E-state index < -0.39 is 23.4 Å². The summed E-state index contributed by atoms with van der Waals surface area (Å²) < 4.78 is 5.96. The van der Waals surface area contributed by atoms with Crippen molar-refractivity contribution < 1.29 is 19.1 Å². The molecule has 0 aliphatic rings. The zero-order valence-electron chi connectivity index (χ0n) is 14.5. The third kappa shape index (κ3) is 4.15. The van der Waals surface area contributed by atoms with Gasteiger partial charge in [-0.2, -0.15) is 0 Å². The highest BCUT2D eigenvalue weighted by atomic mass is 35.5. The molecule has 0 saturated carbocycles. The Bertz CT molecular complexity index is 1030. The average molecular weight is 403 g/mol. The van der Waals surface area contributed by atoms with E-state index >= 15 is 0 Å². The van der Waals surface area contributed by atoms with Crippen molar-refractivity contribution in [1.82, 2.24) is 4.98 Å². The summed E-state index contributed by atoms with van der Waals surface area (Å²) in [4.78, 5) is 41.3. The Balaban J connectivity index is 1.72. The fraction of sp³-hybridized carbons (Fsp3) is 0.158. The maximum absolute atomic E-state index is 12.4. The fourth-order valence-corrected chi connectivity index (χ4v) is 3.44. The Morgan fingerprint density at radius 1 is 1.15 bits per heavy atom. The van der Waals surface area contributed by atoms with Gasteiger partial charge in [0.2, 0.25) is 5.78 Å². The van der Waals surface area contributed by atoms with Crippen molar-refractivity contribution in [2.24, 2.45) is 5.92 Å². The van der Waals surface area contributed by atoms with E-state index in [1.165, 1.54) is 30.4 Å². The fourth-order valence-electron chi connectivity index (χ4n) is 2.42. The van der Waals surface area contributed by atoms with Crippen LogP contribution >= 0.6 is 22.9 Å². The Morgan fingerprint density at radius 3 is 2.52 bits per heavy atom. The highest BCUT2D eigenvalue weighted by molar-refractivity contribution is 7.22. The van der Waals surface area contributed by atoms with Gasteiger partial charge in [0.25, 0.3) is 5.91 Å². The van der Waals surface area contributed by atoms with Crippen molar-refractivity contribution in [2.45, 2.75) is 6.92 Å². The second-order valence-corrected chi connectivity index (χ2v) is 7.23. The van der Waals surface area contributed by atoms with Crippen LogP contribution in [0.25, 0.3) is 10.2 Å². The van der Waals surface area contributed by atoms with Crippen LogP contribution in [0.1, 0.15) is 17.3 Å². The molecule has 0 aliphatic heterocycles. The molecule has 3 aromatic rings. The highest BCUT2D eigenvalue weighted by Crippen LogP contribution is 2.29. The Hall–Kier alpha value is -2.77. The van der Waals surface area contributed by atoms with Crippen LogP contribution in [-0.4, -0.2) is 29.6 Å². The van der Waals surface area contributed by atoms with E-state index in [0.29, 0.717) is 21.9 Å². The van der Waals surface area contributed by atoms with E-state index in [1.54, 1.807) is 37.4 Å². The number of ether oxygens (including phenoxy) is 1. The molecule has 1 atom stereocenters. The lowest BCUT2D eigenvalue weighted by atomic mass is 9.95. The predicted molar refractivity (Wildman–Crippen MR) is 105 cm³/mol. The number of rotatable bonds is 6. The summed E-state index contributed by atoms with van der Waals surface area (Å²) >= 11 is 7.01. The standard InChI is InChI=1S/C19H15ClN2O4S/c1-10(16(23)11-3-5-12(20)6-4-11)17(24)18(25)22-19-21-14-8-7-13(26-2)9-15(14)27-19/h3-10H,1-2H3,(H,21,22,25)/t10-/m0/s1. The van der Waals surface area contributed by atoms with Crippen LogP contribution in [0, 0.1) is 5.92 Å². The molecule has 0 unspecified atom stereocenters. The molecule has 0 bridgehead atoms. The van der Waals surface area contributed by atoms with Crippen LogP contribution in [-0.2, 0) is 9.59 Å². The minimum Gasteiger partial charge on any atom is -0.497 e. The summed E-state index contributed by atoms with van der Waals surface area (Å²) in [5, 5.41) is 3.23. The number of nitrogens with zero attached hydrogens (tertiary/aromatic N) is 1. The summed E-state index contributed by atoms with van der Waals surface area (Å²) in [5.74, 6) is -2.59. The summed E-state index contributed by atoms with van der Waals surface area (Å²) in [7, 11) is 1.56. The topological polar surface area (TPSA) is 85.4 Å². The first-order valence-corrected chi connectivity index (χ1v) is 9.18. The molecule has 1 N–H and O–H groups in total. The summed E-state index contributed by atoms with van der Waals surface area (Å²) in [6.45, 7) is 1.40. The first kappa shape index (κ1) is 19.0. The molecular weight excluding hydrogens is 388 g/mol. The van der Waals surface area contributed by atoms with E-state index in [4.69, 9.17) is 16.3 Å². The molecule has 0 spiro atoms. The molecule has 1 heterocycles. The van der Waals surface area contributed by atoms with Gasteiger partial charge >= 0.3 is 0 Å². The van der Waals surface area contributed by atoms with Gasteiger partial charge in [-0.25, -0.2) is 4.98 Å². The quantitative estimate of drug-likeness (QED) is 0.383. The number of fused-ring (bicyclic) bond motifs is 1. The summed E-state index contributed by atoms with van der Waals surface area (Å²) in [5.41, 5.74) is 0.994. The van der Waals surface area contributed by atoms with E-state index in [2.05, 4.69) is 10.3 Å². The van der Waals surface area contributed by atoms with Crippen LogP contribution in [0.5, 0.6) is 5.75 Å². The van der Waals surface area contributed by atoms with E-state index in [0.717, 1.165) is 4.70 Å². The van der Waals surface area contributed by atoms with Crippen LogP contribution < -0.4 is 10.1 Å². The molecule has 6 nitrogen and oxygen atoms in total. The van der Waals surface area contributed by atoms with Gasteiger partial charge in [-0.15, -0.1) is 0 Å². The average Bonchev–Trinajstić information content (AvgIpc) is 3.07. The van der Waals surface area contributed by atoms with Crippen LogP contribution in [0.3, 0.4) is 0 Å². The first-order chi connectivity index (χ1) is 12.9. The van der Waals surface area contributed by atoms with Gasteiger partial charge in [-0.1, -0.05) is 22.9 Å². The number of hydrogen-bond donors (Lipinski definition) is 1. The van der Waals surface area contributed by atoms with Gasteiger partial charge in [0.1, 0.15) is 5.75 Å². The number of aromatic nitrogens is 1. The van der Waals surface area contributed by atoms with Gasteiger partial charge < -0.3 is 4.74 Å². The normalized spacial score (nSPS) is 11.8. The number of Topliss-reactive ketones (excluding diaryl/α,β-unsaturated/α-hetero) is 2. The lowest BCUT2D eigenvalue weighted by Gasteiger charge is -2.09. The number of nitrogens with one attached hydrogen (secondary N) is 1. The molecule has 8 heteroatoms. The molecule has 1 aromatic heterocycles. The number of hydrogen-bond acceptors (Lipinski definition) is 6. The summed E-state index contributed by atoms with van der Waals surface area (Å²) in [6, 6.07) is 11.5. The molecule has 138 valence electrons. The second-order valence-electron chi connectivity index (χ2n) is 5.76. The van der Waals surface area contributed by atoms with Gasteiger partial charge in [0.05, 0.1) is 23.2 Å². The minimum absolute atomic E-state index is 0.280. The number of thiazole rings is 1. The van der Waals surface area contributed by atoms with Crippen molar-refractivity contribution in [3.8, 4) is 5.75 Å². The molecule has 27 heavy (non-hydrogen) atoms. The monoisotopic (exact) mass is 402 g/mol. The maximum atomic E-state index is 12.4. The molecule has 0 aliphatic carbocycles. The number of ketones is 2. The number of anilines is 1. The minimum atomic E-state index is -1.11. The van der Waals surface area contributed by atoms with Gasteiger partial charge in [-0.05, 0) is 49.4 Å². The van der Waals surface area contributed by atoms with Crippen LogP contribution in [0.15, 0.2) is 42.5 Å². The molecule has 3 rings (SSSR count). The van der Waals surface area contributed by atoms with Gasteiger partial charge in [0.15, 0.2) is 10.9 Å². The van der Waals surface area contributed by atoms with Crippen molar-refractivity contribution in [2.75, 3.05) is 12.4 Å². The second kappa shape index (κ2) is 7.85. The molecule has 0 saturated heterocycles. The number of halogens is 1. The van der Waals surface area contributed by atoms with E-state index in [9.17, 15) is 14.4 Å². The Labute approximate surface area is 164 Å². The maximum Gasteiger partial charge on any atom is 0.294 e. The largest absolute Gasteiger partial charge is 0.497 e. The zero-order valence-corrected chi connectivity index (χ0v) is 16.1. The number of carbonyl (C=O) groups is 3. The van der Waals surface area contributed by atoms with Crippen molar-refractivity contribution in [1.29, 1.82) is 0 Å². The predicted octanol–water partition coefficient (Wildman–Crippen LogP) is 3.98. The Kier molecular flexibility index (Phi) is 5.53. The van der Waals surface area contributed by atoms with Crippen molar-refractivity contribution in [3.63, 3.8) is 0 Å². The SMILES string of the molecule is COc1ccc2nc(NC(=O)C(=O)[C@@H](C)C(=O)c3ccc(Cl)cc3)sc2c1. The third-order valence-electron chi connectivity index (χ3n) is 3.96. The van der Waals surface area contributed by atoms with E-state index in [1.807, 2.05) is 0 Å². The van der Waals surface area contributed by atoms with Gasteiger partial charge in [-0.3, -0.25) is 19.7 Å². The lowest BCUT2D eigenvalue weighted by Crippen LogP contribution is -2.32. The first-order valence-electron chi connectivity index (χ1n) is 7.98. The molecule has 0 fully saturated rings. The summed E-state index contributed by atoms with van der Waals surface area (Å²) in [6.07, 6.45) is 0. The lowest BCUT2D eigenvalue weighted by molar-refractivity contribution is -0.136. The number of methoxy groups -OCH3 is 1. The van der Waals surface area contributed by atoms with Crippen LogP contribution in [0.4, 0.5) is 5.13 Å². The number of benzene rings is 2. The van der Waals surface area contributed by atoms with E-state index in [-0.39, 0.29) is 5.13 Å². The van der Waals surface area contributed by atoms with Crippen molar-refractivity contribution in [3.05, 3.63) is 53.1 Å². The van der Waals surface area contributed by atoms with Gasteiger partial charge in [0, 0.05) is 10.6 Å². The molecule has 0 radical (unpaired) electrons. The van der Waals surface area contributed by atoms with Crippen molar-refractivity contribution >= 4 is 55.8 Å². The smallest absolute Gasteiger partial charge is 0.294 e.